The lowest BCUT2D eigenvalue weighted by Crippen LogP contribution is -2.33. The van der Waals surface area contributed by atoms with E-state index in [1.165, 1.54) is 12.1 Å². The molecule has 0 saturated heterocycles. The van der Waals surface area contributed by atoms with Crippen LogP contribution in [0.2, 0.25) is 0 Å². The summed E-state index contributed by atoms with van der Waals surface area (Å²) in [4.78, 5) is 9.15. The molecule has 7 heteroatoms. The van der Waals surface area contributed by atoms with Crippen LogP contribution >= 0.6 is 0 Å². The molecule has 1 aliphatic rings. The highest BCUT2D eigenvalue weighted by Gasteiger charge is 2.37. The second-order valence-corrected chi connectivity index (χ2v) is 8.65. The van der Waals surface area contributed by atoms with Gasteiger partial charge < -0.3 is 9.30 Å². The van der Waals surface area contributed by atoms with Crippen molar-refractivity contribution in [3.05, 3.63) is 89.3 Å². The molecule has 0 amide bonds. The Balaban J connectivity index is 1.43. The minimum atomic E-state index is -0.293. The highest BCUT2D eigenvalue weighted by atomic mass is 19.1. The molecule has 3 heterocycles. The molecule has 0 saturated carbocycles. The van der Waals surface area contributed by atoms with Crippen LogP contribution in [0, 0.1) is 12.7 Å². The molecule has 33 heavy (non-hydrogen) atoms. The van der Waals surface area contributed by atoms with Crippen molar-refractivity contribution in [2.75, 3.05) is 7.11 Å². The lowest BCUT2D eigenvalue weighted by atomic mass is 9.76. The van der Waals surface area contributed by atoms with Crippen LogP contribution in [0.25, 0.3) is 17.8 Å². The monoisotopic (exact) mass is 443 g/mol. The normalized spacial score (nSPS) is 17.9. The molecule has 1 atom stereocenters. The molecule has 6 nitrogen and oxygen atoms in total. The van der Waals surface area contributed by atoms with E-state index in [1.54, 1.807) is 13.4 Å². The van der Waals surface area contributed by atoms with Gasteiger partial charge in [0, 0.05) is 12.7 Å². The lowest BCUT2D eigenvalue weighted by molar-refractivity contribution is 0.357. The van der Waals surface area contributed by atoms with E-state index in [2.05, 4.69) is 11.9 Å². The number of benzene rings is 2. The predicted molar refractivity (Wildman–Crippen MR) is 126 cm³/mol. The SMILES string of the molecule is COc1cc(C=Cc2nc3n(n2)CCC[C@]3(C)c2ccc(F)cc2)ccc1-n1cnc(C)c1. The van der Waals surface area contributed by atoms with Gasteiger partial charge in [-0.3, -0.25) is 0 Å². The number of imidazole rings is 1. The zero-order chi connectivity index (χ0) is 23.0. The Labute approximate surface area is 192 Å². The number of halogens is 1. The summed E-state index contributed by atoms with van der Waals surface area (Å²) in [7, 11) is 1.66. The first-order valence-electron chi connectivity index (χ1n) is 11.0. The smallest absolute Gasteiger partial charge is 0.174 e. The highest BCUT2D eigenvalue weighted by Crippen LogP contribution is 2.38. The first-order valence-corrected chi connectivity index (χ1v) is 11.0. The summed E-state index contributed by atoms with van der Waals surface area (Å²) < 4.78 is 23.0. The quantitative estimate of drug-likeness (QED) is 0.426. The molecule has 5 rings (SSSR count). The summed E-state index contributed by atoms with van der Waals surface area (Å²) in [5, 5.41) is 4.72. The Morgan fingerprint density at radius 2 is 1.94 bits per heavy atom. The van der Waals surface area contributed by atoms with Crippen molar-refractivity contribution >= 4 is 12.2 Å². The van der Waals surface area contributed by atoms with Crippen molar-refractivity contribution in [3.63, 3.8) is 0 Å². The molecule has 2 aromatic carbocycles. The molecular weight excluding hydrogens is 417 g/mol. The zero-order valence-electron chi connectivity index (χ0n) is 19.0. The zero-order valence-corrected chi connectivity index (χ0v) is 19.0. The number of rotatable bonds is 5. The third-order valence-electron chi connectivity index (χ3n) is 6.33. The largest absolute Gasteiger partial charge is 0.495 e. The topological polar surface area (TPSA) is 57.8 Å². The summed E-state index contributed by atoms with van der Waals surface area (Å²) in [5.74, 6) is 2.11. The van der Waals surface area contributed by atoms with E-state index in [4.69, 9.17) is 14.8 Å². The number of aromatic nitrogens is 5. The molecule has 0 aliphatic carbocycles. The van der Waals surface area contributed by atoms with Gasteiger partial charge in [0.05, 0.1) is 30.2 Å². The Hall–Kier alpha value is -3.74. The average molecular weight is 444 g/mol. The number of aryl methyl sites for hydroxylation is 2. The Morgan fingerprint density at radius 1 is 1.12 bits per heavy atom. The van der Waals surface area contributed by atoms with Crippen molar-refractivity contribution in [2.24, 2.45) is 0 Å². The molecule has 1 aliphatic heterocycles. The van der Waals surface area contributed by atoms with Gasteiger partial charge in [-0.25, -0.2) is 19.0 Å². The maximum absolute atomic E-state index is 13.5. The first kappa shape index (κ1) is 21.1. The fourth-order valence-electron chi connectivity index (χ4n) is 4.51. The van der Waals surface area contributed by atoms with Crippen LogP contribution in [-0.2, 0) is 12.0 Å². The van der Waals surface area contributed by atoms with Gasteiger partial charge in [0.15, 0.2) is 5.82 Å². The predicted octanol–water partition coefficient (Wildman–Crippen LogP) is 5.19. The number of methoxy groups -OCH3 is 1. The molecule has 2 aromatic heterocycles. The molecule has 0 fully saturated rings. The molecular formula is C26H26FN5O. The maximum atomic E-state index is 13.5. The number of nitrogens with zero attached hydrogens (tertiary/aromatic N) is 5. The number of hydrogen-bond donors (Lipinski definition) is 0. The fourth-order valence-corrected chi connectivity index (χ4v) is 4.51. The van der Waals surface area contributed by atoms with E-state index < -0.39 is 0 Å². The van der Waals surface area contributed by atoms with Gasteiger partial charge in [0.2, 0.25) is 0 Å². The van der Waals surface area contributed by atoms with Gasteiger partial charge in [-0.15, -0.1) is 0 Å². The van der Waals surface area contributed by atoms with Crippen LogP contribution in [0.5, 0.6) is 5.75 Å². The number of hydrogen-bond acceptors (Lipinski definition) is 4. The van der Waals surface area contributed by atoms with Crippen LogP contribution in [-0.4, -0.2) is 31.4 Å². The van der Waals surface area contributed by atoms with Gasteiger partial charge in [-0.05, 0) is 68.2 Å². The van der Waals surface area contributed by atoms with Crippen LogP contribution < -0.4 is 4.74 Å². The summed E-state index contributed by atoms with van der Waals surface area (Å²) in [6.45, 7) is 4.95. The molecule has 4 aromatic rings. The minimum absolute atomic E-state index is 0.229. The van der Waals surface area contributed by atoms with Crippen LogP contribution in [0.3, 0.4) is 0 Å². The van der Waals surface area contributed by atoms with Crippen molar-refractivity contribution in [1.29, 1.82) is 0 Å². The molecule has 168 valence electrons. The first-order chi connectivity index (χ1) is 16.0. The lowest BCUT2D eigenvalue weighted by Gasteiger charge is -2.33. The number of fused-ring (bicyclic) bond motifs is 1. The standard InChI is InChI=1S/C26H26FN5O/c1-18-16-31(17-28-18)22-11-5-19(15-23(22)33-3)6-12-24-29-25-26(2,13-4-14-32(25)30-24)20-7-9-21(27)10-8-20/h5-12,15-17H,4,13-14H2,1-3H3/t26-/m1/s1. The summed E-state index contributed by atoms with van der Waals surface area (Å²) in [6.07, 6.45) is 9.60. The maximum Gasteiger partial charge on any atom is 0.174 e. The van der Waals surface area contributed by atoms with Gasteiger partial charge in [0.1, 0.15) is 17.4 Å². The van der Waals surface area contributed by atoms with Crippen LogP contribution in [0.4, 0.5) is 4.39 Å². The molecule has 0 spiro atoms. The van der Waals surface area contributed by atoms with Gasteiger partial charge in [-0.1, -0.05) is 24.3 Å². The van der Waals surface area contributed by atoms with E-state index in [-0.39, 0.29) is 11.2 Å². The van der Waals surface area contributed by atoms with Gasteiger partial charge in [-0.2, -0.15) is 5.10 Å². The van der Waals surface area contributed by atoms with Crippen molar-refractivity contribution in [3.8, 4) is 11.4 Å². The Morgan fingerprint density at radius 3 is 2.67 bits per heavy atom. The Kier molecular flexibility index (Phi) is 5.32. The molecule has 0 N–H and O–H groups in total. The summed E-state index contributed by atoms with van der Waals surface area (Å²) in [5.41, 5.74) is 3.63. The van der Waals surface area contributed by atoms with Crippen molar-refractivity contribution in [2.45, 2.75) is 38.6 Å². The van der Waals surface area contributed by atoms with Crippen LogP contribution in [0.15, 0.2) is 55.0 Å². The molecule has 0 unspecified atom stereocenters. The minimum Gasteiger partial charge on any atom is -0.495 e. The number of ether oxygens (including phenoxy) is 1. The van der Waals surface area contributed by atoms with Gasteiger partial charge in [0.25, 0.3) is 0 Å². The average Bonchev–Trinajstić information content (AvgIpc) is 3.45. The molecule has 0 radical (unpaired) electrons. The van der Waals surface area contributed by atoms with E-state index in [1.807, 2.05) is 64.9 Å². The third-order valence-corrected chi connectivity index (χ3v) is 6.33. The van der Waals surface area contributed by atoms with Crippen molar-refractivity contribution < 1.29 is 9.13 Å². The van der Waals surface area contributed by atoms with E-state index in [9.17, 15) is 4.39 Å². The summed E-state index contributed by atoms with van der Waals surface area (Å²) in [6, 6.07) is 12.8. The van der Waals surface area contributed by atoms with Gasteiger partial charge >= 0.3 is 0 Å². The van der Waals surface area contributed by atoms with E-state index in [0.29, 0.717) is 5.82 Å². The second kappa shape index (κ2) is 8.31. The fraction of sp³-hybridized carbons (Fsp3) is 0.269. The second-order valence-electron chi connectivity index (χ2n) is 8.65. The summed E-state index contributed by atoms with van der Waals surface area (Å²) >= 11 is 0. The third kappa shape index (κ3) is 3.95. The Bertz CT molecular complexity index is 1320. The van der Waals surface area contributed by atoms with Crippen LogP contribution in [0.1, 0.15) is 48.2 Å². The molecule has 0 bridgehead atoms. The highest BCUT2D eigenvalue weighted by molar-refractivity contribution is 5.69. The van der Waals surface area contributed by atoms with E-state index in [0.717, 1.165) is 53.5 Å². The van der Waals surface area contributed by atoms with E-state index >= 15 is 0 Å². The van der Waals surface area contributed by atoms with Crippen molar-refractivity contribution in [1.82, 2.24) is 24.3 Å².